The number of hydrogen-bond donors (Lipinski definition) is 0. The van der Waals surface area contributed by atoms with Crippen molar-refractivity contribution >= 4 is 0 Å². The van der Waals surface area contributed by atoms with Gasteiger partial charge in [0.25, 0.3) is 0 Å². The van der Waals surface area contributed by atoms with E-state index in [0.29, 0.717) is 6.79 Å². The summed E-state index contributed by atoms with van der Waals surface area (Å²) in [6.07, 6.45) is 2.53. The number of para-hydroxylation sites is 1. The van der Waals surface area contributed by atoms with Crippen LogP contribution in [0.5, 0.6) is 11.5 Å². The molecule has 25 heavy (non-hydrogen) atoms. The van der Waals surface area contributed by atoms with Crippen LogP contribution < -0.4 is 9.47 Å². The van der Waals surface area contributed by atoms with E-state index in [1.165, 1.54) is 0 Å². The van der Waals surface area contributed by atoms with Gasteiger partial charge in [-0.2, -0.15) is 0 Å². The first-order valence-electron chi connectivity index (χ1n) is 8.77. The molecule has 1 fully saturated rings. The van der Waals surface area contributed by atoms with E-state index in [0.717, 1.165) is 67.8 Å². The first kappa shape index (κ1) is 16.4. The van der Waals surface area contributed by atoms with Crippen molar-refractivity contribution in [3.8, 4) is 11.5 Å². The van der Waals surface area contributed by atoms with Crippen molar-refractivity contribution in [2.24, 2.45) is 7.05 Å². The highest BCUT2D eigenvalue weighted by Crippen LogP contribution is 2.36. The molecule has 1 aromatic carbocycles. The van der Waals surface area contributed by atoms with Crippen LogP contribution in [0.15, 0.2) is 18.2 Å². The summed E-state index contributed by atoms with van der Waals surface area (Å²) < 4.78 is 19.1. The number of nitrogens with zero attached hydrogens (tertiary/aromatic N) is 4. The fraction of sp³-hybridized carbons (Fsp3) is 0.556. The molecule has 2 aliphatic rings. The molecule has 7 nitrogen and oxygen atoms in total. The van der Waals surface area contributed by atoms with Gasteiger partial charge in [0, 0.05) is 32.3 Å². The minimum atomic E-state index is 0.281. The van der Waals surface area contributed by atoms with Crippen LogP contribution in [-0.4, -0.2) is 45.7 Å². The first-order valence-corrected chi connectivity index (χ1v) is 8.77. The Morgan fingerprint density at radius 3 is 2.92 bits per heavy atom. The van der Waals surface area contributed by atoms with E-state index in [-0.39, 0.29) is 6.10 Å². The average molecular weight is 344 g/mol. The Morgan fingerprint density at radius 2 is 2.16 bits per heavy atom. The molecule has 1 aromatic heterocycles. The maximum atomic E-state index is 5.85. The molecule has 2 aliphatic heterocycles. The van der Waals surface area contributed by atoms with Crippen LogP contribution in [0.2, 0.25) is 0 Å². The zero-order chi connectivity index (χ0) is 17.2. The van der Waals surface area contributed by atoms with E-state index >= 15 is 0 Å². The van der Waals surface area contributed by atoms with Crippen LogP contribution in [-0.2, 0) is 24.9 Å². The number of fused-ring (bicyclic) bond motifs is 1. The van der Waals surface area contributed by atoms with E-state index < -0.39 is 0 Å². The average Bonchev–Trinajstić information content (AvgIpc) is 3.34. The van der Waals surface area contributed by atoms with Crippen LogP contribution in [0.3, 0.4) is 0 Å². The van der Waals surface area contributed by atoms with Gasteiger partial charge in [-0.15, -0.1) is 10.2 Å². The highest BCUT2D eigenvalue weighted by molar-refractivity contribution is 5.48. The van der Waals surface area contributed by atoms with Crippen molar-refractivity contribution in [1.82, 2.24) is 19.7 Å². The zero-order valence-electron chi connectivity index (χ0n) is 14.8. The highest BCUT2D eigenvalue weighted by Gasteiger charge is 2.24. The van der Waals surface area contributed by atoms with Crippen LogP contribution in [0.1, 0.15) is 30.1 Å². The minimum Gasteiger partial charge on any atom is -0.454 e. The summed E-state index contributed by atoms with van der Waals surface area (Å²) in [5, 5.41) is 8.49. The van der Waals surface area contributed by atoms with Gasteiger partial charge in [-0.05, 0) is 25.8 Å². The third-order valence-corrected chi connectivity index (χ3v) is 4.91. The van der Waals surface area contributed by atoms with Gasteiger partial charge in [0.05, 0.1) is 12.6 Å². The maximum Gasteiger partial charge on any atom is 0.231 e. The van der Waals surface area contributed by atoms with Crippen molar-refractivity contribution in [1.29, 1.82) is 0 Å². The van der Waals surface area contributed by atoms with Gasteiger partial charge in [-0.3, -0.25) is 4.90 Å². The predicted octanol–water partition coefficient (Wildman–Crippen LogP) is 2.03. The number of benzene rings is 1. The van der Waals surface area contributed by atoms with Crippen molar-refractivity contribution < 1.29 is 14.2 Å². The summed E-state index contributed by atoms with van der Waals surface area (Å²) in [6.45, 7) is 5.48. The normalized spacial score (nSPS) is 19.1. The summed E-state index contributed by atoms with van der Waals surface area (Å²) in [6, 6.07) is 6.06. The molecule has 0 N–H and O–H groups in total. The van der Waals surface area contributed by atoms with E-state index in [2.05, 4.69) is 21.2 Å². The number of rotatable bonds is 6. The van der Waals surface area contributed by atoms with Gasteiger partial charge < -0.3 is 18.8 Å². The molecule has 4 rings (SSSR count). The monoisotopic (exact) mass is 344 g/mol. The number of hydrogen-bond acceptors (Lipinski definition) is 6. The molecule has 3 heterocycles. The van der Waals surface area contributed by atoms with E-state index in [1.807, 2.05) is 30.7 Å². The van der Waals surface area contributed by atoms with Gasteiger partial charge in [0.2, 0.25) is 6.79 Å². The molecular formula is C18H24N4O3. The lowest BCUT2D eigenvalue weighted by atomic mass is 10.1. The quantitative estimate of drug-likeness (QED) is 0.799. The topological polar surface area (TPSA) is 61.6 Å². The van der Waals surface area contributed by atoms with Gasteiger partial charge in [-0.1, -0.05) is 12.1 Å². The molecule has 134 valence electrons. The lowest BCUT2D eigenvalue weighted by Crippen LogP contribution is -2.32. The Morgan fingerprint density at radius 1 is 1.24 bits per heavy atom. The van der Waals surface area contributed by atoms with E-state index in [9.17, 15) is 0 Å². The molecule has 0 spiro atoms. The SMILES string of the molecule is Cc1nnc(CN(Cc2cccc3c2OCO3)CC2CCCO2)n1C. The van der Waals surface area contributed by atoms with Gasteiger partial charge in [0.15, 0.2) is 11.5 Å². The summed E-state index contributed by atoms with van der Waals surface area (Å²) in [5.74, 6) is 3.56. The number of aromatic nitrogens is 3. The summed E-state index contributed by atoms with van der Waals surface area (Å²) in [5.41, 5.74) is 1.13. The van der Waals surface area contributed by atoms with Gasteiger partial charge in [0.1, 0.15) is 11.6 Å². The molecule has 1 saturated heterocycles. The van der Waals surface area contributed by atoms with Gasteiger partial charge >= 0.3 is 0 Å². The van der Waals surface area contributed by atoms with Crippen LogP contribution in [0.25, 0.3) is 0 Å². The molecule has 0 aliphatic carbocycles. The second-order valence-electron chi connectivity index (χ2n) is 6.68. The number of ether oxygens (including phenoxy) is 3. The van der Waals surface area contributed by atoms with Gasteiger partial charge in [-0.25, -0.2) is 0 Å². The molecular weight excluding hydrogens is 320 g/mol. The Kier molecular flexibility index (Phi) is 4.59. The smallest absolute Gasteiger partial charge is 0.231 e. The number of aryl methyl sites for hydroxylation is 1. The largest absolute Gasteiger partial charge is 0.454 e. The molecule has 0 radical (unpaired) electrons. The molecule has 0 amide bonds. The predicted molar refractivity (Wildman–Crippen MR) is 91.4 cm³/mol. The van der Waals surface area contributed by atoms with Crippen molar-refractivity contribution in [3.63, 3.8) is 0 Å². The van der Waals surface area contributed by atoms with Crippen LogP contribution >= 0.6 is 0 Å². The second-order valence-corrected chi connectivity index (χ2v) is 6.68. The molecule has 0 bridgehead atoms. The Labute approximate surface area is 147 Å². The van der Waals surface area contributed by atoms with Crippen molar-refractivity contribution in [3.05, 3.63) is 35.4 Å². The van der Waals surface area contributed by atoms with E-state index in [1.54, 1.807) is 0 Å². The fourth-order valence-corrected chi connectivity index (χ4v) is 3.41. The van der Waals surface area contributed by atoms with Crippen molar-refractivity contribution in [2.75, 3.05) is 19.9 Å². The zero-order valence-corrected chi connectivity index (χ0v) is 14.8. The summed E-state index contributed by atoms with van der Waals surface area (Å²) in [4.78, 5) is 2.36. The highest BCUT2D eigenvalue weighted by atomic mass is 16.7. The van der Waals surface area contributed by atoms with Crippen molar-refractivity contribution in [2.45, 2.75) is 39.0 Å². The Hall–Kier alpha value is -2.12. The fourth-order valence-electron chi connectivity index (χ4n) is 3.41. The third kappa shape index (κ3) is 3.48. The van der Waals surface area contributed by atoms with Crippen LogP contribution in [0.4, 0.5) is 0 Å². The lowest BCUT2D eigenvalue weighted by molar-refractivity contribution is 0.0662. The Balaban J connectivity index is 1.54. The minimum absolute atomic E-state index is 0.281. The van der Waals surface area contributed by atoms with Crippen LogP contribution in [0, 0.1) is 6.92 Å². The summed E-state index contributed by atoms with van der Waals surface area (Å²) >= 11 is 0. The second kappa shape index (κ2) is 7.01. The van der Waals surface area contributed by atoms with E-state index in [4.69, 9.17) is 14.2 Å². The third-order valence-electron chi connectivity index (χ3n) is 4.91. The maximum absolute atomic E-state index is 5.85. The lowest BCUT2D eigenvalue weighted by Gasteiger charge is -2.25. The molecule has 7 heteroatoms. The molecule has 1 atom stereocenters. The Bertz CT molecular complexity index is 740. The summed E-state index contributed by atoms with van der Waals surface area (Å²) in [7, 11) is 2.01. The standard InChI is InChI=1S/C18H24N4O3/c1-13-19-20-17(21(13)2)11-22(10-15-6-4-8-23-15)9-14-5-3-7-16-18(14)25-12-24-16/h3,5,7,15H,4,6,8-12H2,1-2H3. The first-order chi connectivity index (χ1) is 12.2. The molecule has 0 saturated carbocycles. The molecule has 2 aromatic rings. The molecule has 1 unspecified atom stereocenters.